The van der Waals surface area contributed by atoms with Gasteiger partial charge in [-0.2, -0.15) is 0 Å². The van der Waals surface area contributed by atoms with Crippen LogP contribution >= 0.6 is 15.9 Å². The third-order valence-corrected chi connectivity index (χ3v) is 2.77. The lowest BCUT2D eigenvalue weighted by molar-refractivity contribution is -0.169. The van der Waals surface area contributed by atoms with E-state index in [-0.39, 0.29) is 6.29 Å². The summed E-state index contributed by atoms with van der Waals surface area (Å²) in [6, 6.07) is 5.81. The molecule has 0 bridgehead atoms. The molecule has 0 saturated carbocycles. The maximum atomic E-state index is 5.62. The van der Waals surface area contributed by atoms with Crippen LogP contribution in [0.25, 0.3) is 0 Å². The predicted octanol–water partition coefficient (Wildman–Crippen LogP) is 2.89. The monoisotopic (exact) mass is 271 g/mol. The number of nitrogens with zero attached hydrogens (tertiary/aromatic N) is 1. The maximum absolute atomic E-state index is 5.62. The molecule has 0 aromatic carbocycles. The average molecular weight is 272 g/mol. The Balaban J connectivity index is 1.81. The molecule has 0 radical (unpaired) electrons. The van der Waals surface area contributed by atoms with Crippen LogP contribution in [0.5, 0.6) is 0 Å². The molecule has 4 heteroatoms. The van der Waals surface area contributed by atoms with Crippen LogP contribution in [0, 0.1) is 0 Å². The highest BCUT2D eigenvalue weighted by Gasteiger charge is 2.13. The summed E-state index contributed by atoms with van der Waals surface area (Å²) in [4.78, 5) is 4.29. The number of halogens is 1. The van der Waals surface area contributed by atoms with Crippen molar-refractivity contribution in [3.8, 4) is 0 Å². The number of ether oxygens (including phenoxy) is 2. The van der Waals surface area contributed by atoms with E-state index in [0.717, 1.165) is 29.7 Å². The highest BCUT2D eigenvalue weighted by Crippen LogP contribution is 2.15. The first kappa shape index (κ1) is 11.0. The van der Waals surface area contributed by atoms with E-state index in [1.165, 1.54) is 6.42 Å². The summed E-state index contributed by atoms with van der Waals surface area (Å²) < 4.78 is 11.9. The third kappa shape index (κ3) is 3.55. The van der Waals surface area contributed by atoms with Crippen LogP contribution in [0.4, 0.5) is 0 Å². The second kappa shape index (κ2) is 5.58. The molecule has 1 aliphatic heterocycles. The molecule has 1 aromatic rings. The van der Waals surface area contributed by atoms with E-state index in [9.17, 15) is 0 Å². The van der Waals surface area contributed by atoms with Crippen molar-refractivity contribution in [1.82, 2.24) is 4.98 Å². The van der Waals surface area contributed by atoms with E-state index in [1.54, 1.807) is 0 Å². The van der Waals surface area contributed by atoms with Gasteiger partial charge in [-0.1, -0.05) is 6.07 Å². The molecule has 2 rings (SSSR count). The van der Waals surface area contributed by atoms with Gasteiger partial charge in [0, 0.05) is 6.61 Å². The van der Waals surface area contributed by atoms with Crippen molar-refractivity contribution in [1.29, 1.82) is 0 Å². The molecule has 82 valence electrons. The van der Waals surface area contributed by atoms with E-state index in [0.29, 0.717) is 6.61 Å². The van der Waals surface area contributed by atoms with Crippen LogP contribution in [-0.2, 0) is 16.1 Å². The Bertz CT molecular complexity index is 313. The Morgan fingerprint density at radius 1 is 1.47 bits per heavy atom. The average Bonchev–Trinajstić information content (AvgIpc) is 2.28. The molecule has 0 N–H and O–H groups in total. The molecular weight excluding hydrogens is 258 g/mol. The van der Waals surface area contributed by atoms with Crippen molar-refractivity contribution in [3.05, 3.63) is 28.5 Å². The molecule has 1 aromatic heterocycles. The Labute approximate surface area is 97.9 Å². The molecule has 15 heavy (non-hydrogen) atoms. The van der Waals surface area contributed by atoms with Crippen LogP contribution in [0.3, 0.4) is 0 Å². The highest BCUT2D eigenvalue weighted by atomic mass is 79.9. The van der Waals surface area contributed by atoms with Gasteiger partial charge in [-0.3, -0.25) is 0 Å². The normalized spacial score (nSPS) is 21.5. The van der Waals surface area contributed by atoms with Crippen LogP contribution in [0.15, 0.2) is 22.8 Å². The molecule has 1 fully saturated rings. The highest BCUT2D eigenvalue weighted by molar-refractivity contribution is 9.10. The van der Waals surface area contributed by atoms with Crippen LogP contribution in [-0.4, -0.2) is 17.9 Å². The quantitative estimate of drug-likeness (QED) is 0.793. The van der Waals surface area contributed by atoms with E-state index >= 15 is 0 Å². The summed E-state index contributed by atoms with van der Waals surface area (Å²) >= 11 is 3.33. The zero-order chi connectivity index (χ0) is 10.5. The molecule has 0 spiro atoms. The molecule has 1 aliphatic rings. The minimum absolute atomic E-state index is 0.0421. The fourth-order valence-corrected chi connectivity index (χ4v) is 1.93. The van der Waals surface area contributed by atoms with E-state index < -0.39 is 0 Å². The van der Waals surface area contributed by atoms with Gasteiger partial charge in [-0.25, -0.2) is 4.98 Å². The second-order valence-electron chi connectivity index (χ2n) is 3.56. The van der Waals surface area contributed by atoms with Crippen LogP contribution in [0.1, 0.15) is 25.0 Å². The summed E-state index contributed by atoms with van der Waals surface area (Å²) in [7, 11) is 0. The lowest BCUT2D eigenvalue weighted by Gasteiger charge is -2.22. The molecule has 1 atom stereocenters. The molecule has 1 saturated heterocycles. The van der Waals surface area contributed by atoms with Crippen LogP contribution in [0.2, 0.25) is 0 Å². The van der Waals surface area contributed by atoms with Gasteiger partial charge in [0.2, 0.25) is 0 Å². The summed E-state index contributed by atoms with van der Waals surface area (Å²) in [6.07, 6.45) is 3.29. The molecule has 0 aliphatic carbocycles. The Morgan fingerprint density at radius 3 is 3.13 bits per heavy atom. The fraction of sp³-hybridized carbons (Fsp3) is 0.545. The summed E-state index contributed by atoms with van der Waals surface area (Å²) in [6.45, 7) is 1.33. The molecule has 3 nitrogen and oxygen atoms in total. The van der Waals surface area contributed by atoms with Crippen molar-refractivity contribution in [2.24, 2.45) is 0 Å². The topological polar surface area (TPSA) is 31.4 Å². The van der Waals surface area contributed by atoms with Gasteiger partial charge in [-0.05, 0) is 47.3 Å². The zero-order valence-electron chi connectivity index (χ0n) is 8.49. The predicted molar refractivity (Wildman–Crippen MR) is 60.3 cm³/mol. The second-order valence-corrected chi connectivity index (χ2v) is 4.37. The van der Waals surface area contributed by atoms with Gasteiger partial charge in [0.05, 0.1) is 12.3 Å². The minimum Gasteiger partial charge on any atom is -0.353 e. The van der Waals surface area contributed by atoms with Crippen molar-refractivity contribution in [3.63, 3.8) is 0 Å². The number of hydrogen-bond donors (Lipinski definition) is 0. The Hall–Kier alpha value is -0.450. The zero-order valence-corrected chi connectivity index (χ0v) is 10.1. The van der Waals surface area contributed by atoms with Crippen molar-refractivity contribution >= 4 is 15.9 Å². The first-order chi connectivity index (χ1) is 7.34. The van der Waals surface area contributed by atoms with E-state index in [2.05, 4.69) is 20.9 Å². The first-order valence-corrected chi connectivity index (χ1v) is 5.98. The summed E-state index contributed by atoms with van der Waals surface area (Å²) in [5.74, 6) is 0. The van der Waals surface area contributed by atoms with E-state index in [1.807, 2.05) is 18.2 Å². The van der Waals surface area contributed by atoms with Gasteiger partial charge < -0.3 is 9.47 Å². The number of pyridine rings is 1. The SMILES string of the molecule is Brc1cccc(COC2CCCCO2)n1. The smallest absolute Gasteiger partial charge is 0.158 e. The lowest BCUT2D eigenvalue weighted by atomic mass is 10.2. The van der Waals surface area contributed by atoms with E-state index in [4.69, 9.17) is 9.47 Å². The van der Waals surface area contributed by atoms with Gasteiger partial charge in [0.15, 0.2) is 6.29 Å². The number of aromatic nitrogens is 1. The van der Waals surface area contributed by atoms with Gasteiger partial charge in [0.25, 0.3) is 0 Å². The van der Waals surface area contributed by atoms with Gasteiger partial charge in [0.1, 0.15) is 4.60 Å². The number of hydrogen-bond acceptors (Lipinski definition) is 3. The molecule has 0 amide bonds. The molecule has 1 unspecified atom stereocenters. The lowest BCUT2D eigenvalue weighted by Crippen LogP contribution is -2.22. The number of rotatable bonds is 3. The standard InChI is InChI=1S/C11H14BrNO2/c12-10-5-3-4-9(13-10)8-15-11-6-1-2-7-14-11/h3-5,11H,1-2,6-8H2. The van der Waals surface area contributed by atoms with Crippen LogP contribution < -0.4 is 0 Å². The van der Waals surface area contributed by atoms with Crippen molar-refractivity contribution < 1.29 is 9.47 Å². The summed E-state index contributed by atoms with van der Waals surface area (Å²) in [5, 5.41) is 0. The molecular formula is C11H14BrNO2. The third-order valence-electron chi connectivity index (χ3n) is 2.33. The van der Waals surface area contributed by atoms with Gasteiger partial charge in [-0.15, -0.1) is 0 Å². The molecule has 2 heterocycles. The fourth-order valence-electron chi connectivity index (χ4n) is 1.55. The largest absolute Gasteiger partial charge is 0.353 e. The van der Waals surface area contributed by atoms with Gasteiger partial charge >= 0.3 is 0 Å². The first-order valence-electron chi connectivity index (χ1n) is 5.19. The minimum atomic E-state index is -0.0421. The Kier molecular flexibility index (Phi) is 4.11. The summed E-state index contributed by atoms with van der Waals surface area (Å²) in [5.41, 5.74) is 0.929. The Morgan fingerprint density at radius 2 is 2.40 bits per heavy atom. The van der Waals surface area contributed by atoms with Crippen molar-refractivity contribution in [2.45, 2.75) is 32.2 Å². The van der Waals surface area contributed by atoms with Crippen molar-refractivity contribution in [2.75, 3.05) is 6.61 Å². The maximum Gasteiger partial charge on any atom is 0.158 e.